The fourth-order valence-electron chi connectivity index (χ4n) is 2.85. The molecule has 0 aliphatic heterocycles. The van der Waals surface area contributed by atoms with Crippen molar-refractivity contribution in [2.45, 2.75) is 57.9 Å². The minimum atomic E-state index is -0.364. The lowest BCUT2D eigenvalue weighted by molar-refractivity contribution is -0.384. The van der Waals surface area contributed by atoms with Crippen LogP contribution in [-0.4, -0.2) is 10.5 Å². The van der Waals surface area contributed by atoms with Gasteiger partial charge in [-0.05, 0) is 49.5 Å². The summed E-state index contributed by atoms with van der Waals surface area (Å²) in [6, 6.07) is 6.83. The van der Waals surface area contributed by atoms with Crippen molar-refractivity contribution in [2.24, 2.45) is 11.1 Å². The molecule has 0 aromatic heterocycles. The summed E-state index contributed by atoms with van der Waals surface area (Å²) in [5.74, 6) is 0. The van der Waals surface area contributed by atoms with Crippen molar-refractivity contribution in [1.82, 2.24) is 0 Å². The van der Waals surface area contributed by atoms with E-state index in [-0.39, 0.29) is 16.1 Å². The molecule has 0 radical (unpaired) electrons. The Morgan fingerprint density at radius 1 is 1.15 bits per heavy atom. The predicted molar refractivity (Wildman–Crippen MR) is 80.6 cm³/mol. The lowest BCUT2D eigenvalue weighted by atomic mass is 9.68. The number of benzene rings is 1. The van der Waals surface area contributed by atoms with Crippen molar-refractivity contribution in [3.8, 4) is 0 Å². The molecule has 0 atom stereocenters. The van der Waals surface area contributed by atoms with Gasteiger partial charge < -0.3 is 5.73 Å². The average Bonchev–Trinajstić information content (AvgIpc) is 2.41. The van der Waals surface area contributed by atoms with Gasteiger partial charge in [-0.25, -0.2) is 0 Å². The maximum atomic E-state index is 10.6. The van der Waals surface area contributed by atoms with Crippen molar-refractivity contribution < 1.29 is 4.92 Å². The monoisotopic (exact) mass is 276 g/mol. The van der Waals surface area contributed by atoms with Gasteiger partial charge in [-0.15, -0.1) is 0 Å². The lowest BCUT2D eigenvalue weighted by Gasteiger charge is -2.41. The normalized spacial score (nSPS) is 20.6. The molecule has 20 heavy (non-hydrogen) atoms. The van der Waals surface area contributed by atoms with Crippen molar-refractivity contribution >= 4 is 5.69 Å². The number of hydrogen-bond acceptors (Lipinski definition) is 3. The molecule has 1 aliphatic rings. The molecule has 1 aromatic carbocycles. The maximum absolute atomic E-state index is 10.6. The zero-order valence-electron chi connectivity index (χ0n) is 12.4. The van der Waals surface area contributed by atoms with Gasteiger partial charge in [-0.3, -0.25) is 10.1 Å². The fraction of sp³-hybridized carbons (Fsp3) is 0.625. The summed E-state index contributed by atoms with van der Waals surface area (Å²) in [4.78, 5) is 10.3. The van der Waals surface area contributed by atoms with Gasteiger partial charge >= 0.3 is 0 Å². The first-order chi connectivity index (χ1) is 9.30. The SMILES string of the molecule is CC1(C)CCC(N)(CCc2ccc([N+](=O)[O-])cc2)CC1. The highest BCUT2D eigenvalue weighted by atomic mass is 16.6. The van der Waals surface area contributed by atoms with Crippen LogP contribution in [0.3, 0.4) is 0 Å². The van der Waals surface area contributed by atoms with Crippen molar-refractivity contribution in [1.29, 1.82) is 0 Å². The molecule has 0 spiro atoms. The van der Waals surface area contributed by atoms with Crippen LogP contribution < -0.4 is 5.73 Å². The molecule has 0 unspecified atom stereocenters. The van der Waals surface area contributed by atoms with E-state index in [2.05, 4.69) is 13.8 Å². The summed E-state index contributed by atoms with van der Waals surface area (Å²) < 4.78 is 0. The fourth-order valence-corrected chi connectivity index (χ4v) is 2.85. The van der Waals surface area contributed by atoms with Gasteiger partial charge in [0, 0.05) is 17.7 Å². The summed E-state index contributed by atoms with van der Waals surface area (Å²) in [6.07, 6.45) is 6.38. The first-order valence-corrected chi connectivity index (χ1v) is 7.32. The van der Waals surface area contributed by atoms with Crippen molar-refractivity contribution in [2.75, 3.05) is 0 Å². The Kier molecular flexibility index (Phi) is 4.14. The van der Waals surface area contributed by atoms with Gasteiger partial charge in [0.15, 0.2) is 0 Å². The molecular weight excluding hydrogens is 252 g/mol. The number of non-ortho nitro benzene ring substituents is 1. The lowest BCUT2D eigenvalue weighted by Crippen LogP contribution is -2.45. The third-order valence-corrected chi connectivity index (χ3v) is 4.66. The van der Waals surface area contributed by atoms with Gasteiger partial charge in [0.25, 0.3) is 5.69 Å². The molecule has 4 heteroatoms. The van der Waals surface area contributed by atoms with Crippen LogP contribution in [0.5, 0.6) is 0 Å². The molecule has 0 bridgehead atoms. The summed E-state index contributed by atoms with van der Waals surface area (Å²) in [6.45, 7) is 4.62. The van der Waals surface area contributed by atoms with Crippen LogP contribution in [0.4, 0.5) is 5.69 Å². The summed E-state index contributed by atoms with van der Waals surface area (Å²) in [7, 11) is 0. The molecule has 1 aromatic rings. The first kappa shape index (κ1) is 15.0. The van der Waals surface area contributed by atoms with Gasteiger partial charge in [0.05, 0.1) is 4.92 Å². The zero-order valence-corrected chi connectivity index (χ0v) is 12.4. The van der Waals surface area contributed by atoms with Gasteiger partial charge in [-0.2, -0.15) is 0 Å². The van der Waals surface area contributed by atoms with Gasteiger partial charge in [0.2, 0.25) is 0 Å². The third-order valence-electron chi connectivity index (χ3n) is 4.66. The highest BCUT2D eigenvalue weighted by molar-refractivity contribution is 5.33. The van der Waals surface area contributed by atoms with E-state index in [1.54, 1.807) is 12.1 Å². The van der Waals surface area contributed by atoms with Crippen LogP contribution in [0, 0.1) is 15.5 Å². The van der Waals surface area contributed by atoms with Crippen LogP contribution in [-0.2, 0) is 6.42 Å². The Balaban J connectivity index is 1.90. The second-order valence-electron chi connectivity index (χ2n) is 6.95. The van der Waals surface area contributed by atoms with Crippen molar-refractivity contribution in [3.63, 3.8) is 0 Å². The van der Waals surface area contributed by atoms with E-state index in [4.69, 9.17) is 5.73 Å². The Morgan fingerprint density at radius 2 is 1.70 bits per heavy atom. The third kappa shape index (κ3) is 3.79. The number of hydrogen-bond donors (Lipinski definition) is 1. The zero-order chi connectivity index (χ0) is 14.8. The quantitative estimate of drug-likeness (QED) is 0.671. The minimum absolute atomic E-state index is 0.0582. The van der Waals surface area contributed by atoms with E-state index >= 15 is 0 Å². The Bertz CT molecular complexity index is 470. The highest BCUT2D eigenvalue weighted by Gasteiger charge is 2.34. The topological polar surface area (TPSA) is 69.2 Å². The van der Waals surface area contributed by atoms with Crippen LogP contribution >= 0.6 is 0 Å². The Morgan fingerprint density at radius 3 is 2.20 bits per heavy atom. The predicted octanol–water partition coefficient (Wildman–Crippen LogP) is 3.83. The van der Waals surface area contributed by atoms with Crippen LogP contribution in [0.1, 0.15) is 51.5 Å². The molecule has 110 valence electrons. The second-order valence-corrected chi connectivity index (χ2v) is 6.95. The van der Waals surface area contributed by atoms with E-state index in [0.29, 0.717) is 5.41 Å². The van der Waals surface area contributed by atoms with Crippen molar-refractivity contribution in [3.05, 3.63) is 39.9 Å². The average molecular weight is 276 g/mol. The first-order valence-electron chi connectivity index (χ1n) is 7.32. The Labute approximate surface area is 120 Å². The molecule has 0 amide bonds. The number of nitro benzene ring substituents is 1. The molecule has 0 heterocycles. The molecule has 4 nitrogen and oxygen atoms in total. The molecular formula is C16H24N2O2. The standard InChI is InChI=1S/C16H24N2O2/c1-15(2)9-11-16(17,12-10-15)8-7-13-3-5-14(6-4-13)18(19)20/h3-6H,7-12,17H2,1-2H3. The summed E-state index contributed by atoms with van der Waals surface area (Å²) in [5.41, 5.74) is 8.15. The van der Waals surface area contributed by atoms with Crippen LogP contribution in [0.15, 0.2) is 24.3 Å². The largest absolute Gasteiger partial charge is 0.325 e. The Hall–Kier alpha value is -1.42. The molecule has 2 rings (SSSR count). The smallest absolute Gasteiger partial charge is 0.269 e. The van der Waals surface area contributed by atoms with E-state index in [1.807, 2.05) is 12.1 Å². The molecule has 1 fully saturated rings. The van der Waals surface area contributed by atoms with E-state index in [0.717, 1.165) is 31.2 Å². The minimum Gasteiger partial charge on any atom is -0.325 e. The maximum Gasteiger partial charge on any atom is 0.269 e. The number of nitrogens with zero attached hydrogens (tertiary/aromatic N) is 1. The van der Waals surface area contributed by atoms with E-state index < -0.39 is 0 Å². The molecule has 0 saturated heterocycles. The molecule has 2 N–H and O–H groups in total. The number of aryl methyl sites for hydroxylation is 1. The van der Waals surface area contributed by atoms with E-state index in [9.17, 15) is 10.1 Å². The van der Waals surface area contributed by atoms with E-state index in [1.165, 1.54) is 12.8 Å². The highest BCUT2D eigenvalue weighted by Crippen LogP contribution is 2.40. The number of rotatable bonds is 4. The van der Waals surface area contributed by atoms with Gasteiger partial charge in [-0.1, -0.05) is 26.0 Å². The number of nitrogens with two attached hydrogens (primary N) is 1. The molecule has 1 saturated carbocycles. The number of nitro groups is 1. The molecule has 1 aliphatic carbocycles. The van der Waals surface area contributed by atoms with Crippen LogP contribution in [0.2, 0.25) is 0 Å². The second kappa shape index (κ2) is 5.52. The van der Waals surface area contributed by atoms with Crippen LogP contribution in [0.25, 0.3) is 0 Å². The van der Waals surface area contributed by atoms with Gasteiger partial charge in [0.1, 0.15) is 0 Å². The summed E-state index contributed by atoms with van der Waals surface area (Å²) in [5, 5.41) is 10.6. The summed E-state index contributed by atoms with van der Waals surface area (Å²) >= 11 is 0.